The number of aromatic amines is 1. The molecule has 0 fully saturated rings. The zero-order valence-electron chi connectivity index (χ0n) is 15.5. The van der Waals surface area contributed by atoms with E-state index in [2.05, 4.69) is 56.1 Å². The van der Waals surface area contributed by atoms with Crippen LogP contribution in [-0.4, -0.2) is 21.5 Å². The Morgan fingerprint density at radius 3 is 2.86 bits per heavy atom. The molecule has 0 saturated carbocycles. The molecule has 0 bridgehead atoms. The Kier molecular flexibility index (Phi) is 4.89. The second kappa shape index (κ2) is 7.80. The van der Waals surface area contributed by atoms with Crippen LogP contribution in [-0.2, 0) is 6.42 Å². The highest BCUT2D eigenvalue weighted by Crippen LogP contribution is 2.19. The zero-order valence-corrected chi connectivity index (χ0v) is 15.5. The molecule has 2 aromatic carbocycles. The average molecular weight is 368 g/mol. The van der Waals surface area contributed by atoms with E-state index in [1.54, 1.807) is 12.1 Å². The van der Waals surface area contributed by atoms with Crippen molar-refractivity contribution in [2.75, 3.05) is 17.2 Å². The number of anilines is 3. The number of hydrogen-bond acceptors (Lipinski definition) is 5. The van der Waals surface area contributed by atoms with Gasteiger partial charge in [0.1, 0.15) is 5.82 Å². The van der Waals surface area contributed by atoms with E-state index in [4.69, 9.17) is 5.26 Å². The summed E-state index contributed by atoms with van der Waals surface area (Å²) < 4.78 is 0. The van der Waals surface area contributed by atoms with Crippen molar-refractivity contribution in [1.82, 2.24) is 15.0 Å². The van der Waals surface area contributed by atoms with Crippen molar-refractivity contribution in [3.05, 3.63) is 77.6 Å². The maximum absolute atomic E-state index is 9.04. The highest BCUT2D eigenvalue weighted by molar-refractivity contribution is 5.83. The molecule has 0 unspecified atom stereocenters. The Morgan fingerprint density at radius 2 is 1.96 bits per heavy atom. The highest BCUT2D eigenvalue weighted by Gasteiger charge is 2.06. The van der Waals surface area contributed by atoms with E-state index in [-0.39, 0.29) is 0 Å². The lowest BCUT2D eigenvalue weighted by atomic mass is 10.1. The number of H-pyrrole nitrogens is 1. The van der Waals surface area contributed by atoms with Crippen molar-refractivity contribution >= 4 is 28.4 Å². The number of nitriles is 1. The summed E-state index contributed by atoms with van der Waals surface area (Å²) in [6.07, 6.45) is 2.95. The second-order valence-corrected chi connectivity index (χ2v) is 6.57. The molecule has 2 aromatic heterocycles. The number of para-hydroxylation sites is 1. The average Bonchev–Trinajstić information content (AvgIpc) is 3.11. The quantitative estimate of drug-likeness (QED) is 0.465. The van der Waals surface area contributed by atoms with Crippen LogP contribution in [0.3, 0.4) is 0 Å². The number of rotatable bonds is 6. The molecule has 0 amide bonds. The van der Waals surface area contributed by atoms with Crippen molar-refractivity contribution in [2.24, 2.45) is 0 Å². The lowest BCUT2D eigenvalue weighted by molar-refractivity contribution is 1.00. The van der Waals surface area contributed by atoms with Crippen LogP contribution in [0.2, 0.25) is 0 Å². The SMILES string of the molecule is Cc1cc(NCCc2c[nH]c3ccccc23)nc(Nc2cccc(C#N)c2)n1. The minimum Gasteiger partial charge on any atom is -0.370 e. The fourth-order valence-electron chi connectivity index (χ4n) is 3.17. The molecule has 0 aliphatic heterocycles. The first-order chi connectivity index (χ1) is 13.7. The highest BCUT2D eigenvalue weighted by atomic mass is 15.1. The van der Waals surface area contributed by atoms with E-state index in [9.17, 15) is 0 Å². The van der Waals surface area contributed by atoms with Crippen LogP contribution >= 0.6 is 0 Å². The zero-order chi connectivity index (χ0) is 19.3. The van der Waals surface area contributed by atoms with Crippen molar-refractivity contribution in [3.63, 3.8) is 0 Å². The largest absolute Gasteiger partial charge is 0.370 e. The molecular formula is C22H20N6. The Balaban J connectivity index is 1.44. The van der Waals surface area contributed by atoms with E-state index in [0.717, 1.165) is 35.7 Å². The topological polar surface area (TPSA) is 89.4 Å². The first-order valence-electron chi connectivity index (χ1n) is 9.13. The first-order valence-corrected chi connectivity index (χ1v) is 9.13. The van der Waals surface area contributed by atoms with Crippen molar-refractivity contribution in [3.8, 4) is 6.07 Å². The van der Waals surface area contributed by atoms with Crippen LogP contribution in [0.1, 0.15) is 16.8 Å². The Morgan fingerprint density at radius 1 is 1.07 bits per heavy atom. The summed E-state index contributed by atoms with van der Waals surface area (Å²) in [7, 11) is 0. The molecule has 28 heavy (non-hydrogen) atoms. The minimum absolute atomic E-state index is 0.504. The third kappa shape index (κ3) is 3.94. The van der Waals surface area contributed by atoms with Crippen LogP contribution in [0.25, 0.3) is 10.9 Å². The van der Waals surface area contributed by atoms with Crippen LogP contribution in [0.5, 0.6) is 0 Å². The molecule has 0 atom stereocenters. The summed E-state index contributed by atoms with van der Waals surface area (Å²) >= 11 is 0. The van der Waals surface area contributed by atoms with Gasteiger partial charge in [0, 0.05) is 41.1 Å². The fourth-order valence-corrected chi connectivity index (χ4v) is 3.17. The van der Waals surface area contributed by atoms with Gasteiger partial charge in [-0.15, -0.1) is 0 Å². The van der Waals surface area contributed by atoms with Gasteiger partial charge in [-0.3, -0.25) is 0 Å². The Bertz CT molecular complexity index is 1160. The van der Waals surface area contributed by atoms with Gasteiger partial charge >= 0.3 is 0 Å². The molecule has 6 nitrogen and oxygen atoms in total. The molecule has 138 valence electrons. The van der Waals surface area contributed by atoms with Crippen LogP contribution in [0.4, 0.5) is 17.5 Å². The summed E-state index contributed by atoms with van der Waals surface area (Å²) in [4.78, 5) is 12.3. The monoisotopic (exact) mass is 368 g/mol. The van der Waals surface area contributed by atoms with E-state index < -0.39 is 0 Å². The maximum Gasteiger partial charge on any atom is 0.229 e. The van der Waals surface area contributed by atoms with Crippen molar-refractivity contribution in [1.29, 1.82) is 5.26 Å². The molecule has 0 spiro atoms. The Hall–Kier alpha value is -3.85. The molecule has 0 radical (unpaired) electrons. The van der Waals surface area contributed by atoms with Gasteiger partial charge in [0.2, 0.25) is 5.95 Å². The fraction of sp³-hybridized carbons (Fsp3) is 0.136. The van der Waals surface area contributed by atoms with Gasteiger partial charge in [-0.1, -0.05) is 24.3 Å². The number of aryl methyl sites for hydroxylation is 1. The lowest BCUT2D eigenvalue weighted by Crippen LogP contribution is -2.08. The van der Waals surface area contributed by atoms with Gasteiger partial charge in [-0.05, 0) is 43.2 Å². The summed E-state index contributed by atoms with van der Waals surface area (Å²) in [5.74, 6) is 1.27. The van der Waals surface area contributed by atoms with Crippen LogP contribution in [0.15, 0.2) is 60.8 Å². The molecular weight excluding hydrogens is 348 g/mol. The van der Waals surface area contributed by atoms with E-state index in [1.807, 2.05) is 31.2 Å². The smallest absolute Gasteiger partial charge is 0.229 e. The van der Waals surface area contributed by atoms with E-state index in [1.165, 1.54) is 10.9 Å². The molecule has 4 rings (SSSR count). The van der Waals surface area contributed by atoms with E-state index >= 15 is 0 Å². The number of benzene rings is 2. The summed E-state index contributed by atoms with van der Waals surface area (Å²) in [5, 5.41) is 16.8. The number of nitrogens with one attached hydrogen (secondary N) is 3. The van der Waals surface area contributed by atoms with Gasteiger partial charge in [-0.2, -0.15) is 10.2 Å². The van der Waals surface area contributed by atoms with Crippen LogP contribution in [0, 0.1) is 18.3 Å². The number of hydrogen-bond donors (Lipinski definition) is 3. The summed E-state index contributed by atoms with van der Waals surface area (Å²) in [5.41, 5.74) is 4.68. The lowest BCUT2D eigenvalue weighted by Gasteiger charge is -2.10. The van der Waals surface area contributed by atoms with Gasteiger partial charge < -0.3 is 15.6 Å². The molecule has 6 heteroatoms. The number of nitrogens with zero attached hydrogens (tertiary/aromatic N) is 3. The van der Waals surface area contributed by atoms with Gasteiger partial charge in [0.05, 0.1) is 11.6 Å². The normalized spacial score (nSPS) is 10.6. The molecule has 2 heterocycles. The molecule has 0 aliphatic rings. The molecule has 0 aliphatic carbocycles. The first kappa shape index (κ1) is 17.6. The summed E-state index contributed by atoms with van der Waals surface area (Å²) in [6, 6.07) is 19.6. The van der Waals surface area contributed by atoms with Crippen molar-refractivity contribution in [2.45, 2.75) is 13.3 Å². The van der Waals surface area contributed by atoms with Gasteiger partial charge in [-0.25, -0.2) is 4.98 Å². The third-order valence-electron chi connectivity index (χ3n) is 4.48. The second-order valence-electron chi connectivity index (χ2n) is 6.57. The standard InChI is InChI=1S/C22H20N6/c1-15-11-21(24-10-9-17-14-25-20-8-3-2-7-19(17)20)28-22(26-15)27-18-6-4-5-16(12-18)13-23/h2-8,11-12,14,25H,9-10H2,1H3,(H2,24,26,27,28). The van der Waals surface area contributed by atoms with Crippen LogP contribution < -0.4 is 10.6 Å². The number of aromatic nitrogens is 3. The molecule has 3 N–H and O–H groups in total. The predicted octanol–water partition coefficient (Wildman–Crippen LogP) is 4.54. The van der Waals surface area contributed by atoms with Gasteiger partial charge in [0.25, 0.3) is 0 Å². The summed E-state index contributed by atoms with van der Waals surface area (Å²) in [6.45, 7) is 2.70. The predicted molar refractivity (Wildman–Crippen MR) is 112 cm³/mol. The minimum atomic E-state index is 0.504. The Labute approximate surface area is 163 Å². The van der Waals surface area contributed by atoms with Crippen molar-refractivity contribution < 1.29 is 0 Å². The number of fused-ring (bicyclic) bond motifs is 1. The third-order valence-corrected chi connectivity index (χ3v) is 4.48. The van der Waals surface area contributed by atoms with Gasteiger partial charge in [0.15, 0.2) is 0 Å². The molecule has 0 saturated heterocycles. The maximum atomic E-state index is 9.04. The van der Waals surface area contributed by atoms with E-state index in [0.29, 0.717) is 11.5 Å². The molecule has 4 aromatic rings.